The van der Waals surface area contributed by atoms with Crippen LogP contribution >= 0.6 is 0 Å². The topological polar surface area (TPSA) is 85.9 Å². The molecule has 1 saturated carbocycles. The summed E-state index contributed by atoms with van der Waals surface area (Å²) in [5.41, 5.74) is 1.58. The molecule has 1 aliphatic rings. The summed E-state index contributed by atoms with van der Waals surface area (Å²) in [6.45, 7) is 0.420. The van der Waals surface area contributed by atoms with Gasteiger partial charge in [0.1, 0.15) is 5.75 Å². The van der Waals surface area contributed by atoms with E-state index in [0.29, 0.717) is 30.2 Å². The van der Waals surface area contributed by atoms with Crippen LogP contribution in [0, 0.1) is 11.8 Å². The molecule has 0 bridgehead atoms. The molecule has 0 radical (unpaired) electrons. The van der Waals surface area contributed by atoms with E-state index in [1.165, 1.54) is 7.11 Å². The Morgan fingerprint density at radius 1 is 0.893 bits per heavy atom. The van der Waals surface area contributed by atoms with Crippen molar-refractivity contribution in [1.82, 2.24) is 5.32 Å². The normalized spacial score (nSPS) is 17.4. The van der Waals surface area contributed by atoms with Crippen molar-refractivity contribution in [3.05, 3.63) is 48.0 Å². The number of benzene rings is 2. The third-order valence-electron chi connectivity index (χ3n) is 4.74. The quantitative estimate of drug-likeness (QED) is 0.731. The van der Waals surface area contributed by atoms with E-state index in [4.69, 9.17) is 14.2 Å². The standard InChI is InChI=1S/C21H24N2O5/c1-26-15-7-4-13(5-8-15)12-22-20(24)16-11-17(16)21(25)23-14-6-9-18(27-2)19(10-14)28-3/h4-10,16-17H,11-12H2,1-3H3,(H,22,24)(H,23,25). The molecule has 28 heavy (non-hydrogen) atoms. The second-order valence-electron chi connectivity index (χ2n) is 6.57. The van der Waals surface area contributed by atoms with Crippen molar-refractivity contribution in [1.29, 1.82) is 0 Å². The van der Waals surface area contributed by atoms with E-state index in [2.05, 4.69) is 10.6 Å². The molecule has 0 aliphatic heterocycles. The Kier molecular flexibility index (Phi) is 6.03. The zero-order chi connectivity index (χ0) is 20.1. The van der Waals surface area contributed by atoms with Crippen LogP contribution < -0.4 is 24.8 Å². The number of methoxy groups -OCH3 is 3. The Hall–Kier alpha value is -3.22. The second-order valence-corrected chi connectivity index (χ2v) is 6.57. The van der Waals surface area contributed by atoms with Gasteiger partial charge in [-0.1, -0.05) is 12.1 Å². The van der Waals surface area contributed by atoms with Gasteiger partial charge in [-0.25, -0.2) is 0 Å². The molecule has 7 nitrogen and oxygen atoms in total. The number of hydrogen-bond donors (Lipinski definition) is 2. The molecule has 0 spiro atoms. The van der Waals surface area contributed by atoms with Crippen LogP contribution in [0.3, 0.4) is 0 Å². The van der Waals surface area contributed by atoms with Crippen LogP contribution in [0.25, 0.3) is 0 Å². The lowest BCUT2D eigenvalue weighted by Crippen LogP contribution is -2.27. The summed E-state index contributed by atoms with van der Waals surface area (Å²) < 4.78 is 15.5. The Bertz CT molecular complexity index is 850. The molecule has 0 aromatic heterocycles. The van der Waals surface area contributed by atoms with Gasteiger partial charge in [0.15, 0.2) is 11.5 Å². The highest BCUT2D eigenvalue weighted by Crippen LogP contribution is 2.40. The van der Waals surface area contributed by atoms with E-state index in [9.17, 15) is 9.59 Å². The summed E-state index contributed by atoms with van der Waals surface area (Å²) in [5, 5.41) is 5.72. The lowest BCUT2D eigenvalue weighted by molar-refractivity contribution is -0.125. The Balaban J connectivity index is 1.50. The van der Waals surface area contributed by atoms with Crippen LogP contribution in [-0.2, 0) is 16.1 Å². The van der Waals surface area contributed by atoms with E-state index < -0.39 is 0 Å². The van der Waals surface area contributed by atoms with Crippen LogP contribution in [0.1, 0.15) is 12.0 Å². The van der Waals surface area contributed by atoms with Crippen LogP contribution in [0.5, 0.6) is 17.2 Å². The predicted molar refractivity (Wildman–Crippen MR) is 105 cm³/mol. The molecular weight excluding hydrogens is 360 g/mol. The molecule has 3 rings (SSSR count). The van der Waals surface area contributed by atoms with Crippen molar-refractivity contribution in [3.8, 4) is 17.2 Å². The van der Waals surface area contributed by atoms with Gasteiger partial charge in [0.25, 0.3) is 0 Å². The van der Waals surface area contributed by atoms with Crippen LogP contribution in [0.2, 0.25) is 0 Å². The van der Waals surface area contributed by atoms with Crippen molar-refractivity contribution in [3.63, 3.8) is 0 Å². The molecule has 0 saturated heterocycles. The summed E-state index contributed by atoms with van der Waals surface area (Å²) >= 11 is 0. The van der Waals surface area contributed by atoms with E-state index in [0.717, 1.165) is 11.3 Å². The van der Waals surface area contributed by atoms with E-state index in [-0.39, 0.29) is 23.7 Å². The fraction of sp³-hybridized carbons (Fsp3) is 0.333. The van der Waals surface area contributed by atoms with Gasteiger partial charge in [-0.15, -0.1) is 0 Å². The molecule has 2 unspecified atom stereocenters. The average molecular weight is 384 g/mol. The number of carbonyl (C=O) groups is 2. The molecular formula is C21H24N2O5. The Morgan fingerprint density at radius 3 is 2.21 bits per heavy atom. The lowest BCUT2D eigenvalue weighted by atomic mass is 10.2. The minimum absolute atomic E-state index is 0.108. The maximum Gasteiger partial charge on any atom is 0.228 e. The van der Waals surface area contributed by atoms with Crippen molar-refractivity contribution >= 4 is 17.5 Å². The SMILES string of the molecule is COc1ccc(CNC(=O)C2CC2C(=O)Nc2ccc(OC)c(OC)c2)cc1. The largest absolute Gasteiger partial charge is 0.497 e. The summed E-state index contributed by atoms with van der Waals surface area (Å²) in [4.78, 5) is 24.7. The Labute approximate surface area is 164 Å². The highest BCUT2D eigenvalue weighted by Gasteiger charge is 2.47. The molecule has 1 fully saturated rings. The lowest BCUT2D eigenvalue weighted by Gasteiger charge is -2.10. The summed E-state index contributed by atoms with van der Waals surface area (Å²) in [7, 11) is 4.69. The van der Waals surface area contributed by atoms with E-state index in [1.54, 1.807) is 32.4 Å². The van der Waals surface area contributed by atoms with Gasteiger partial charge >= 0.3 is 0 Å². The first kappa shape index (κ1) is 19.5. The van der Waals surface area contributed by atoms with Crippen molar-refractivity contribution in [2.45, 2.75) is 13.0 Å². The first-order valence-electron chi connectivity index (χ1n) is 8.99. The molecule has 2 amide bonds. The molecule has 2 atom stereocenters. The van der Waals surface area contributed by atoms with Gasteiger partial charge in [-0.3, -0.25) is 9.59 Å². The number of nitrogens with one attached hydrogen (secondary N) is 2. The first-order valence-corrected chi connectivity index (χ1v) is 8.99. The van der Waals surface area contributed by atoms with Gasteiger partial charge in [0.05, 0.1) is 33.2 Å². The smallest absolute Gasteiger partial charge is 0.228 e. The molecule has 148 valence electrons. The number of amides is 2. The fourth-order valence-corrected chi connectivity index (χ4v) is 2.99. The maximum absolute atomic E-state index is 12.4. The maximum atomic E-state index is 12.4. The van der Waals surface area contributed by atoms with Crippen LogP contribution in [-0.4, -0.2) is 33.1 Å². The van der Waals surface area contributed by atoms with E-state index >= 15 is 0 Å². The highest BCUT2D eigenvalue weighted by molar-refractivity contribution is 5.99. The average Bonchev–Trinajstić information content (AvgIpc) is 3.53. The molecule has 1 aliphatic carbocycles. The summed E-state index contributed by atoms with van der Waals surface area (Å²) in [6.07, 6.45) is 0.549. The summed E-state index contributed by atoms with van der Waals surface area (Å²) in [6, 6.07) is 12.6. The number of carbonyl (C=O) groups excluding carboxylic acids is 2. The second kappa shape index (κ2) is 8.65. The molecule has 7 heteroatoms. The predicted octanol–water partition coefficient (Wildman–Crippen LogP) is 2.60. The number of rotatable bonds is 8. The molecule has 2 aromatic rings. The monoisotopic (exact) mass is 384 g/mol. The highest BCUT2D eigenvalue weighted by atomic mass is 16.5. The molecule has 0 heterocycles. The zero-order valence-corrected chi connectivity index (χ0v) is 16.2. The van der Waals surface area contributed by atoms with Gasteiger partial charge in [0, 0.05) is 18.3 Å². The van der Waals surface area contributed by atoms with Gasteiger partial charge in [-0.05, 0) is 36.2 Å². The van der Waals surface area contributed by atoms with Crippen molar-refractivity contribution < 1.29 is 23.8 Å². The van der Waals surface area contributed by atoms with Crippen molar-refractivity contribution in [2.24, 2.45) is 11.8 Å². The van der Waals surface area contributed by atoms with E-state index in [1.807, 2.05) is 24.3 Å². The van der Waals surface area contributed by atoms with Gasteiger partial charge < -0.3 is 24.8 Å². The van der Waals surface area contributed by atoms with Crippen LogP contribution in [0.4, 0.5) is 5.69 Å². The third kappa shape index (κ3) is 4.54. The van der Waals surface area contributed by atoms with Crippen molar-refractivity contribution in [2.75, 3.05) is 26.6 Å². The fourth-order valence-electron chi connectivity index (χ4n) is 2.99. The first-order chi connectivity index (χ1) is 13.5. The Morgan fingerprint density at radius 2 is 1.57 bits per heavy atom. The number of anilines is 1. The van der Waals surface area contributed by atoms with Crippen LogP contribution in [0.15, 0.2) is 42.5 Å². The number of hydrogen-bond acceptors (Lipinski definition) is 5. The molecule has 2 aromatic carbocycles. The third-order valence-corrected chi connectivity index (χ3v) is 4.74. The summed E-state index contributed by atoms with van der Waals surface area (Å²) in [5.74, 6) is 0.999. The zero-order valence-electron chi connectivity index (χ0n) is 16.2. The van der Waals surface area contributed by atoms with Gasteiger partial charge in [0.2, 0.25) is 11.8 Å². The molecule has 2 N–H and O–H groups in total. The minimum Gasteiger partial charge on any atom is -0.497 e. The number of ether oxygens (including phenoxy) is 3. The minimum atomic E-state index is -0.316. The van der Waals surface area contributed by atoms with Gasteiger partial charge in [-0.2, -0.15) is 0 Å².